The fraction of sp³-hybridized carbons (Fsp3) is 0.0769. The molecule has 1 aromatic rings. The van der Waals surface area contributed by atoms with Gasteiger partial charge >= 0.3 is 5.97 Å². The van der Waals surface area contributed by atoms with Gasteiger partial charge in [0, 0.05) is 0 Å². The molecule has 0 unspecified atom stereocenters. The third-order valence-electron chi connectivity index (χ3n) is 2.17. The summed E-state index contributed by atoms with van der Waals surface area (Å²) in [5.41, 5.74) is 0.893. The summed E-state index contributed by atoms with van der Waals surface area (Å²) in [6.07, 6.45) is 5.14. The summed E-state index contributed by atoms with van der Waals surface area (Å²) in [5, 5.41) is 0.506. The van der Waals surface area contributed by atoms with E-state index in [1.807, 2.05) is 19.1 Å². The van der Waals surface area contributed by atoms with Gasteiger partial charge in [-0.2, -0.15) is 0 Å². The number of hydrogen-bond donors (Lipinski definition) is 0. The predicted molar refractivity (Wildman–Crippen MR) is 67.0 cm³/mol. The van der Waals surface area contributed by atoms with Gasteiger partial charge in [0.2, 0.25) is 5.90 Å². The lowest BCUT2D eigenvalue weighted by molar-refractivity contribution is -0.130. The van der Waals surface area contributed by atoms with Gasteiger partial charge in [-0.25, -0.2) is 9.79 Å². The maximum atomic E-state index is 11.5. The number of aliphatic imine (C=N–C) groups is 1. The molecule has 1 aliphatic rings. The van der Waals surface area contributed by atoms with Gasteiger partial charge in [-0.1, -0.05) is 35.9 Å². The van der Waals surface area contributed by atoms with E-state index in [0.717, 1.165) is 0 Å². The molecule has 4 heteroatoms. The number of halogens is 1. The molecule has 0 aliphatic carbocycles. The lowest BCUT2D eigenvalue weighted by Gasteiger charge is -2.00. The first-order chi connectivity index (χ1) is 8.22. The third kappa shape index (κ3) is 2.45. The molecule has 17 heavy (non-hydrogen) atoms. The van der Waals surface area contributed by atoms with Crippen LogP contribution in [0.5, 0.6) is 0 Å². The van der Waals surface area contributed by atoms with E-state index in [4.69, 9.17) is 16.3 Å². The van der Waals surface area contributed by atoms with E-state index in [0.29, 0.717) is 10.6 Å². The zero-order valence-electron chi connectivity index (χ0n) is 9.18. The fourth-order valence-electron chi connectivity index (χ4n) is 1.36. The van der Waals surface area contributed by atoms with Crippen molar-refractivity contribution < 1.29 is 9.53 Å². The van der Waals surface area contributed by atoms with Crippen LogP contribution in [-0.2, 0) is 9.53 Å². The number of ether oxygens (including phenoxy) is 1. The molecule has 1 aromatic carbocycles. The maximum absolute atomic E-state index is 11.5. The van der Waals surface area contributed by atoms with E-state index < -0.39 is 5.97 Å². The molecule has 0 radical (unpaired) electrons. The maximum Gasteiger partial charge on any atom is 0.363 e. The van der Waals surface area contributed by atoms with Crippen molar-refractivity contribution in [2.45, 2.75) is 6.92 Å². The molecule has 2 rings (SSSR count). The van der Waals surface area contributed by atoms with Crippen LogP contribution in [0.3, 0.4) is 0 Å². The van der Waals surface area contributed by atoms with Crippen LogP contribution in [-0.4, -0.2) is 11.9 Å². The van der Waals surface area contributed by atoms with Crippen molar-refractivity contribution in [3.05, 3.63) is 58.8 Å². The molecule has 1 aliphatic heterocycles. The molecule has 0 saturated carbocycles. The highest BCUT2D eigenvalue weighted by Crippen LogP contribution is 2.22. The monoisotopic (exact) mass is 247 g/mol. The summed E-state index contributed by atoms with van der Waals surface area (Å²) in [6, 6.07) is 7.10. The number of allylic oxidation sites excluding steroid dienone is 3. The average molecular weight is 248 g/mol. The Kier molecular flexibility index (Phi) is 3.40. The molecule has 0 N–H and O–H groups in total. The fourth-order valence-corrected chi connectivity index (χ4v) is 1.58. The van der Waals surface area contributed by atoms with E-state index >= 15 is 0 Å². The summed E-state index contributed by atoms with van der Waals surface area (Å²) in [5.74, 6) is -0.214. The molecule has 0 bridgehead atoms. The average Bonchev–Trinajstić information content (AvgIpc) is 2.68. The number of nitrogens with zero attached hydrogens (tertiary/aromatic N) is 1. The number of hydrogen-bond acceptors (Lipinski definition) is 3. The Morgan fingerprint density at radius 1 is 1.35 bits per heavy atom. The molecule has 0 aromatic heterocycles. The standard InChI is InChI=1S/C13H10ClNO2/c1-2-3-8-11-13(16)17-12(15-11)9-6-4-5-7-10(9)14/h2-8H,1H3/b3-2+,11-8-. The Morgan fingerprint density at radius 3 is 2.82 bits per heavy atom. The summed E-state index contributed by atoms with van der Waals surface area (Å²) in [4.78, 5) is 15.6. The molecule has 86 valence electrons. The number of esters is 1. The lowest BCUT2D eigenvalue weighted by Crippen LogP contribution is -2.05. The highest BCUT2D eigenvalue weighted by molar-refractivity contribution is 6.34. The minimum Gasteiger partial charge on any atom is -0.402 e. The number of carbonyl (C=O) groups is 1. The van der Waals surface area contributed by atoms with Gasteiger partial charge < -0.3 is 4.74 Å². The molecular formula is C13H10ClNO2. The minimum absolute atomic E-state index is 0.247. The van der Waals surface area contributed by atoms with Crippen molar-refractivity contribution in [2.24, 2.45) is 4.99 Å². The largest absolute Gasteiger partial charge is 0.402 e. The van der Waals surface area contributed by atoms with Crippen molar-refractivity contribution >= 4 is 23.5 Å². The van der Waals surface area contributed by atoms with Gasteiger partial charge in [0.05, 0.1) is 10.6 Å². The molecule has 0 spiro atoms. The van der Waals surface area contributed by atoms with Gasteiger partial charge in [0.1, 0.15) is 0 Å². The molecule has 1 heterocycles. The number of benzene rings is 1. The second kappa shape index (κ2) is 4.97. The van der Waals surface area contributed by atoms with Crippen LogP contribution < -0.4 is 0 Å². The Labute approximate surface area is 104 Å². The predicted octanol–water partition coefficient (Wildman–Crippen LogP) is 3.10. The van der Waals surface area contributed by atoms with E-state index in [-0.39, 0.29) is 11.6 Å². The van der Waals surface area contributed by atoms with Gasteiger partial charge in [-0.15, -0.1) is 0 Å². The molecular weight excluding hydrogens is 238 g/mol. The molecule has 3 nitrogen and oxygen atoms in total. The lowest BCUT2D eigenvalue weighted by atomic mass is 10.2. The first-order valence-electron chi connectivity index (χ1n) is 5.11. The summed E-state index contributed by atoms with van der Waals surface area (Å²) >= 11 is 6.00. The van der Waals surface area contributed by atoms with Crippen molar-refractivity contribution in [3.63, 3.8) is 0 Å². The van der Waals surface area contributed by atoms with Crippen molar-refractivity contribution in [1.82, 2.24) is 0 Å². The first-order valence-corrected chi connectivity index (χ1v) is 5.49. The summed E-state index contributed by atoms with van der Waals surface area (Å²) < 4.78 is 5.06. The molecule has 0 fully saturated rings. The van der Waals surface area contributed by atoms with Gasteiger partial charge in [0.15, 0.2) is 5.70 Å². The van der Waals surface area contributed by atoms with Crippen LogP contribution in [0.1, 0.15) is 12.5 Å². The van der Waals surface area contributed by atoms with Crippen LogP contribution >= 0.6 is 11.6 Å². The third-order valence-corrected chi connectivity index (χ3v) is 2.50. The van der Waals surface area contributed by atoms with Crippen molar-refractivity contribution in [3.8, 4) is 0 Å². The first kappa shape index (κ1) is 11.6. The topological polar surface area (TPSA) is 38.7 Å². The molecule has 0 atom stereocenters. The van der Waals surface area contributed by atoms with E-state index in [1.54, 1.807) is 30.4 Å². The highest BCUT2D eigenvalue weighted by atomic mass is 35.5. The van der Waals surface area contributed by atoms with Crippen LogP contribution in [0.25, 0.3) is 0 Å². The van der Waals surface area contributed by atoms with E-state index in [9.17, 15) is 4.79 Å². The zero-order chi connectivity index (χ0) is 12.3. The Balaban J connectivity index is 2.37. The smallest absolute Gasteiger partial charge is 0.363 e. The van der Waals surface area contributed by atoms with E-state index in [2.05, 4.69) is 4.99 Å². The summed E-state index contributed by atoms with van der Waals surface area (Å²) in [7, 11) is 0. The minimum atomic E-state index is -0.460. The Bertz CT molecular complexity index is 544. The van der Waals surface area contributed by atoms with Crippen LogP contribution in [0.2, 0.25) is 5.02 Å². The molecule has 0 saturated heterocycles. The van der Waals surface area contributed by atoms with Crippen molar-refractivity contribution in [2.75, 3.05) is 0 Å². The van der Waals surface area contributed by atoms with Gasteiger partial charge in [-0.3, -0.25) is 0 Å². The number of rotatable bonds is 2. The van der Waals surface area contributed by atoms with Crippen LogP contribution in [0, 0.1) is 0 Å². The Hall–Kier alpha value is -1.87. The molecule has 0 amide bonds. The van der Waals surface area contributed by atoms with Crippen LogP contribution in [0.4, 0.5) is 0 Å². The second-order valence-electron chi connectivity index (χ2n) is 3.36. The van der Waals surface area contributed by atoms with E-state index in [1.165, 1.54) is 0 Å². The van der Waals surface area contributed by atoms with Crippen LogP contribution in [0.15, 0.2) is 53.2 Å². The SMILES string of the molecule is C/C=C/C=C1\N=C(c2ccccc2Cl)OC1=O. The van der Waals surface area contributed by atoms with Gasteiger partial charge in [-0.05, 0) is 25.1 Å². The number of cyclic esters (lactones) is 1. The number of carbonyl (C=O) groups excluding carboxylic acids is 1. The highest BCUT2D eigenvalue weighted by Gasteiger charge is 2.24. The zero-order valence-corrected chi connectivity index (χ0v) is 9.94. The second-order valence-corrected chi connectivity index (χ2v) is 3.77. The van der Waals surface area contributed by atoms with Gasteiger partial charge in [0.25, 0.3) is 0 Å². The quantitative estimate of drug-likeness (QED) is 0.595. The summed E-state index contributed by atoms with van der Waals surface area (Å²) in [6.45, 7) is 1.86. The van der Waals surface area contributed by atoms with Crippen molar-refractivity contribution in [1.29, 1.82) is 0 Å². The normalized spacial score (nSPS) is 17.6. The Morgan fingerprint density at radius 2 is 2.12 bits per heavy atom.